The molecule has 7 heteroatoms. The fraction of sp³-hybridized carbons (Fsp3) is 0.158. The average Bonchev–Trinajstić information content (AvgIpc) is 3.02. The van der Waals surface area contributed by atoms with Gasteiger partial charge in [0, 0.05) is 10.6 Å². The summed E-state index contributed by atoms with van der Waals surface area (Å²) in [5.41, 5.74) is 1.54. The number of hydrogen-bond acceptors (Lipinski definition) is 5. The van der Waals surface area contributed by atoms with Crippen LogP contribution >= 0.6 is 23.2 Å². The van der Waals surface area contributed by atoms with Gasteiger partial charge < -0.3 is 14.0 Å². The Morgan fingerprint density at radius 3 is 2.62 bits per heavy atom. The molecule has 0 amide bonds. The summed E-state index contributed by atoms with van der Waals surface area (Å²) in [6.07, 6.45) is 0. The Kier molecular flexibility index (Phi) is 5.81. The van der Waals surface area contributed by atoms with Gasteiger partial charge in [-0.1, -0.05) is 58.7 Å². The molecular formula is C19H15Cl2NO4. The van der Waals surface area contributed by atoms with Gasteiger partial charge in [-0.05, 0) is 25.1 Å². The Morgan fingerprint density at radius 2 is 1.88 bits per heavy atom. The number of aromatic nitrogens is 1. The first-order chi connectivity index (χ1) is 12.6. The van der Waals surface area contributed by atoms with Crippen molar-refractivity contribution in [3.8, 4) is 17.0 Å². The molecule has 0 N–H and O–H groups in total. The Hall–Kier alpha value is -2.50. The monoisotopic (exact) mass is 391 g/mol. The molecule has 1 aromatic heterocycles. The summed E-state index contributed by atoms with van der Waals surface area (Å²) in [6, 6.07) is 14.2. The molecule has 134 valence electrons. The van der Waals surface area contributed by atoms with Gasteiger partial charge in [-0.2, -0.15) is 0 Å². The normalized spacial score (nSPS) is 10.6. The predicted octanol–water partition coefficient (Wildman–Crippen LogP) is 5.19. The molecule has 5 nitrogen and oxygen atoms in total. The van der Waals surface area contributed by atoms with Crippen LogP contribution in [0.15, 0.2) is 53.1 Å². The van der Waals surface area contributed by atoms with Crippen molar-refractivity contribution in [1.82, 2.24) is 5.16 Å². The predicted molar refractivity (Wildman–Crippen MR) is 98.9 cm³/mol. The number of ether oxygens (including phenoxy) is 2. The summed E-state index contributed by atoms with van der Waals surface area (Å²) in [5, 5.41) is 4.88. The number of carbonyl (C=O) groups is 1. The van der Waals surface area contributed by atoms with Crippen LogP contribution in [0.3, 0.4) is 0 Å². The van der Waals surface area contributed by atoms with Gasteiger partial charge in [0.15, 0.2) is 0 Å². The van der Waals surface area contributed by atoms with E-state index in [1.165, 1.54) is 0 Å². The zero-order valence-corrected chi connectivity index (χ0v) is 15.4. The molecule has 0 radical (unpaired) electrons. The van der Waals surface area contributed by atoms with E-state index < -0.39 is 5.97 Å². The van der Waals surface area contributed by atoms with Crippen LogP contribution in [0.4, 0.5) is 0 Å². The van der Waals surface area contributed by atoms with Crippen LogP contribution < -0.4 is 4.74 Å². The second kappa shape index (κ2) is 8.25. The van der Waals surface area contributed by atoms with Crippen molar-refractivity contribution in [2.45, 2.75) is 6.92 Å². The summed E-state index contributed by atoms with van der Waals surface area (Å²) < 4.78 is 15.9. The van der Waals surface area contributed by atoms with Gasteiger partial charge in [0.2, 0.25) is 0 Å². The van der Waals surface area contributed by atoms with Crippen molar-refractivity contribution >= 4 is 29.2 Å². The van der Waals surface area contributed by atoms with Gasteiger partial charge in [-0.25, -0.2) is 4.79 Å². The van der Waals surface area contributed by atoms with Crippen LogP contribution in [-0.2, 0) is 4.74 Å². The van der Waals surface area contributed by atoms with Gasteiger partial charge in [0.25, 0.3) is 0 Å². The van der Waals surface area contributed by atoms with E-state index in [0.717, 1.165) is 5.56 Å². The number of carbonyl (C=O) groups excluding carboxylic acids is 1. The zero-order chi connectivity index (χ0) is 18.5. The van der Waals surface area contributed by atoms with Gasteiger partial charge in [-0.15, -0.1) is 0 Å². The van der Waals surface area contributed by atoms with Crippen LogP contribution in [0.5, 0.6) is 5.75 Å². The van der Waals surface area contributed by atoms with E-state index in [1.54, 1.807) is 25.1 Å². The molecule has 26 heavy (non-hydrogen) atoms. The number of nitrogens with zero attached hydrogens (tertiary/aromatic N) is 1. The van der Waals surface area contributed by atoms with Crippen LogP contribution in [-0.4, -0.2) is 24.3 Å². The summed E-state index contributed by atoms with van der Waals surface area (Å²) in [4.78, 5) is 12.4. The van der Waals surface area contributed by atoms with Crippen molar-refractivity contribution < 1.29 is 18.8 Å². The zero-order valence-electron chi connectivity index (χ0n) is 13.9. The number of hydrogen-bond donors (Lipinski definition) is 0. The van der Waals surface area contributed by atoms with Crippen molar-refractivity contribution in [1.29, 1.82) is 0 Å². The second-order valence-electron chi connectivity index (χ2n) is 5.39. The SMILES string of the molecule is Cc1onc(-c2ccccc2)c1C(=O)OCCOc1ccc(Cl)cc1Cl. The molecule has 3 aromatic rings. The standard InChI is InChI=1S/C19H15Cl2NO4/c1-12-17(18(22-26-12)13-5-3-2-4-6-13)19(23)25-10-9-24-16-8-7-14(20)11-15(16)21/h2-8,11H,9-10H2,1H3. The quantitative estimate of drug-likeness (QED) is 0.427. The van der Waals surface area contributed by atoms with Crippen molar-refractivity contribution in [3.05, 3.63) is 69.9 Å². The first-order valence-electron chi connectivity index (χ1n) is 7.83. The Morgan fingerprint density at radius 1 is 1.12 bits per heavy atom. The van der Waals surface area contributed by atoms with E-state index in [-0.39, 0.29) is 13.2 Å². The third-order valence-corrected chi connectivity index (χ3v) is 4.11. The van der Waals surface area contributed by atoms with Gasteiger partial charge in [0.05, 0.1) is 5.02 Å². The maximum atomic E-state index is 12.4. The highest BCUT2D eigenvalue weighted by Gasteiger charge is 2.22. The molecule has 0 saturated heterocycles. The largest absolute Gasteiger partial charge is 0.488 e. The lowest BCUT2D eigenvalue weighted by Crippen LogP contribution is -2.13. The van der Waals surface area contributed by atoms with E-state index in [4.69, 9.17) is 37.2 Å². The average molecular weight is 392 g/mol. The van der Waals surface area contributed by atoms with Crippen molar-refractivity contribution in [2.75, 3.05) is 13.2 Å². The lowest BCUT2D eigenvalue weighted by Gasteiger charge is -2.09. The summed E-state index contributed by atoms with van der Waals surface area (Å²) in [7, 11) is 0. The molecule has 0 aliphatic heterocycles. The summed E-state index contributed by atoms with van der Waals surface area (Å²) in [6.45, 7) is 1.87. The number of halogens is 2. The highest BCUT2D eigenvalue weighted by molar-refractivity contribution is 6.35. The van der Waals surface area contributed by atoms with Crippen LogP contribution in [0.2, 0.25) is 10.0 Å². The fourth-order valence-electron chi connectivity index (χ4n) is 2.36. The van der Waals surface area contributed by atoms with Gasteiger partial charge in [-0.3, -0.25) is 0 Å². The van der Waals surface area contributed by atoms with E-state index >= 15 is 0 Å². The molecule has 0 bridgehead atoms. The van der Waals surface area contributed by atoms with Gasteiger partial charge in [0.1, 0.15) is 36.0 Å². The van der Waals surface area contributed by atoms with Crippen LogP contribution in [0.1, 0.15) is 16.1 Å². The lowest BCUT2D eigenvalue weighted by molar-refractivity contribution is 0.0449. The van der Waals surface area contributed by atoms with Crippen LogP contribution in [0, 0.1) is 6.92 Å². The number of aryl methyl sites for hydroxylation is 1. The molecule has 3 rings (SSSR count). The van der Waals surface area contributed by atoms with E-state index in [0.29, 0.717) is 32.8 Å². The minimum atomic E-state index is -0.520. The van der Waals surface area contributed by atoms with E-state index in [1.807, 2.05) is 30.3 Å². The van der Waals surface area contributed by atoms with Gasteiger partial charge >= 0.3 is 5.97 Å². The highest BCUT2D eigenvalue weighted by atomic mass is 35.5. The van der Waals surface area contributed by atoms with E-state index in [9.17, 15) is 4.79 Å². The first kappa shape index (κ1) is 18.3. The summed E-state index contributed by atoms with van der Waals surface area (Å²) in [5.74, 6) is 0.349. The highest BCUT2D eigenvalue weighted by Crippen LogP contribution is 2.28. The van der Waals surface area contributed by atoms with E-state index in [2.05, 4.69) is 5.16 Å². The third-order valence-electron chi connectivity index (χ3n) is 3.58. The van der Waals surface area contributed by atoms with Crippen molar-refractivity contribution in [3.63, 3.8) is 0 Å². The Bertz CT molecular complexity index is 909. The van der Waals surface area contributed by atoms with Crippen LogP contribution in [0.25, 0.3) is 11.3 Å². The minimum absolute atomic E-state index is 0.0522. The molecule has 0 aliphatic rings. The molecule has 0 fully saturated rings. The molecule has 0 atom stereocenters. The number of benzene rings is 2. The smallest absolute Gasteiger partial charge is 0.344 e. The second-order valence-corrected chi connectivity index (χ2v) is 6.23. The molecule has 2 aromatic carbocycles. The Labute approximate surface area is 160 Å². The Balaban J connectivity index is 1.61. The molecule has 0 aliphatic carbocycles. The number of rotatable bonds is 6. The molecule has 0 unspecified atom stereocenters. The molecule has 1 heterocycles. The topological polar surface area (TPSA) is 61.6 Å². The third kappa shape index (κ3) is 4.18. The van der Waals surface area contributed by atoms with Crippen molar-refractivity contribution in [2.24, 2.45) is 0 Å². The maximum absolute atomic E-state index is 12.4. The number of esters is 1. The minimum Gasteiger partial charge on any atom is -0.488 e. The maximum Gasteiger partial charge on any atom is 0.344 e. The molecule has 0 saturated carbocycles. The molecular weight excluding hydrogens is 377 g/mol. The molecule has 0 spiro atoms. The fourth-order valence-corrected chi connectivity index (χ4v) is 2.82. The lowest BCUT2D eigenvalue weighted by atomic mass is 10.1. The summed E-state index contributed by atoms with van der Waals surface area (Å²) >= 11 is 11.9. The first-order valence-corrected chi connectivity index (χ1v) is 8.58.